The van der Waals surface area contributed by atoms with E-state index in [1.54, 1.807) is 35.9 Å². The van der Waals surface area contributed by atoms with Crippen molar-refractivity contribution < 1.29 is 8.42 Å². The molecule has 1 N–H and O–H groups in total. The molecule has 0 saturated carbocycles. The molecule has 0 aliphatic rings. The number of hydrogen-bond donors (Lipinski definition) is 1. The van der Waals surface area contributed by atoms with Gasteiger partial charge in [-0.3, -0.25) is 0 Å². The highest BCUT2D eigenvalue weighted by molar-refractivity contribution is 7.92. The summed E-state index contributed by atoms with van der Waals surface area (Å²) in [4.78, 5) is 4.24. The maximum Gasteiger partial charge on any atom is 0.264 e. The normalized spacial score (nSPS) is 11.5. The van der Waals surface area contributed by atoms with Gasteiger partial charge in [0.2, 0.25) is 0 Å². The molecule has 8 heteroatoms. The van der Waals surface area contributed by atoms with Gasteiger partial charge in [0.05, 0.1) is 11.4 Å². The van der Waals surface area contributed by atoms with Crippen molar-refractivity contribution in [3.8, 4) is 0 Å². The lowest BCUT2D eigenvalue weighted by Crippen LogP contribution is -2.15. The molecule has 1 aromatic heterocycles. The summed E-state index contributed by atoms with van der Waals surface area (Å²) in [5.41, 5.74) is 2.66. The van der Waals surface area contributed by atoms with Gasteiger partial charge in [-0.05, 0) is 43.2 Å². The minimum atomic E-state index is -3.73. The fraction of sp³-hybridized carbons (Fsp3) is 0.176. The number of nitrogens with zero attached hydrogens (tertiary/aromatic N) is 3. The van der Waals surface area contributed by atoms with E-state index in [4.69, 9.17) is 11.6 Å². The van der Waals surface area contributed by atoms with Crippen LogP contribution < -0.4 is 4.72 Å². The lowest BCUT2D eigenvalue weighted by Gasteiger charge is -2.08. The van der Waals surface area contributed by atoms with Crippen LogP contribution in [0.4, 0.5) is 5.95 Å². The molecule has 0 amide bonds. The highest BCUT2D eigenvalue weighted by Crippen LogP contribution is 2.19. The fourth-order valence-electron chi connectivity index (χ4n) is 2.47. The Kier molecular flexibility index (Phi) is 4.78. The maximum absolute atomic E-state index is 12.5. The summed E-state index contributed by atoms with van der Waals surface area (Å²) < 4.78 is 29.0. The first-order valence-electron chi connectivity index (χ1n) is 7.57. The molecule has 0 aliphatic heterocycles. The van der Waals surface area contributed by atoms with Crippen molar-refractivity contribution in [1.82, 2.24) is 14.8 Å². The molecule has 3 rings (SSSR count). The van der Waals surface area contributed by atoms with E-state index in [0.29, 0.717) is 17.1 Å². The largest absolute Gasteiger partial charge is 0.264 e. The van der Waals surface area contributed by atoms with Crippen LogP contribution in [-0.2, 0) is 16.6 Å². The number of aryl methyl sites for hydroxylation is 2. The average molecular weight is 377 g/mol. The molecule has 0 aliphatic carbocycles. The highest BCUT2D eigenvalue weighted by Gasteiger charge is 2.18. The molecular weight excluding hydrogens is 360 g/mol. The molecule has 2 aromatic carbocycles. The number of anilines is 1. The molecule has 0 atom stereocenters. The monoisotopic (exact) mass is 376 g/mol. The summed E-state index contributed by atoms with van der Waals surface area (Å²) >= 11 is 5.86. The molecule has 0 bridgehead atoms. The van der Waals surface area contributed by atoms with Crippen molar-refractivity contribution in [3.63, 3.8) is 0 Å². The summed E-state index contributed by atoms with van der Waals surface area (Å²) in [5, 5.41) is 4.82. The van der Waals surface area contributed by atoms with Crippen LogP contribution >= 0.6 is 11.6 Å². The lowest BCUT2D eigenvalue weighted by atomic mass is 10.2. The van der Waals surface area contributed by atoms with Crippen molar-refractivity contribution in [2.24, 2.45) is 0 Å². The Morgan fingerprint density at radius 1 is 1.12 bits per heavy atom. The first-order valence-corrected chi connectivity index (χ1v) is 9.43. The van der Waals surface area contributed by atoms with Crippen LogP contribution in [0.2, 0.25) is 5.02 Å². The zero-order valence-electron chi connectivity index (χ0n) is 13.8. The number of nitrogens with one attached hydrogen (secondary N) is 1. The Hall–Kier alpha value is -2.38. The van der Waals surface area contributed by atoms with Crippen molar-refractivity contribution >= 4 is 27.6 Å². The third-order valence-corrected chi connectivity index (χ3v) is 5.38. The van der Waals surface area contributed by atoms with E-state index in [1.807, 2.05) is 25.1 Å². The molecule has 25 heavy (non-hydrogen) atoms. The zero-order chi connectivity index (χ0) is 18.0. The van der Waals surface area contributed by atoms with Gasteiger partial charge in [0, 0.05) is 5.02 Å². The van der Waals surface area contributed by atoms with E-state index >= 15 is 0 Å². The van der Waals surface area contributed by atoms with E-state index in [-0.39, 0.29) is 10.8 Å². The highest BCUT2D eigenvalue weighted by atomic mass is 35.5. The smallest absolute Gasteiger partial charge is 0.246 e. The summed E-state index contributed by atoms with van der Waals surface area (Å²) in [7, 11) is -3.73. The van der Waals surface area contributed by atoms with Gasteiger partial charge < -0.3 is 0 Å². The molecule has 0 fully saturated rings. The fourth-order valence-corrected chi connectivity index (χ4v) is 3.77. The zero-order valence-corrected chi connectivity index (χ0v) is 15.3. The number of benzene rings is 2. The Balaban J connectivity index is 1.77. The minimum Gasteiger partial charge on any atom is -0.246 e. The summed E-state index contributed by atoms with van der Waals surface area (Å²) in [6, 6.07) is 12.5. The SMILES string of the molecule is Cc1ccc(S(=O)(=O)Nc2ncn(Cc3ccc(Cl)cc3)n2)c(C)c1. The third kappa shape index (κ3) is 4.18. The number of hydrogen-bond acceptors (Lipinski definition) is 4. The molecule has 0 saturated heterocycles. The van der Waals surface area contributed by atoms with Crippen molar-refractivity contribution in [3.05, 3.63) is 70.5 Å². The number of aromatic nitrogens is 3. The molecule has 0 radical (unpaired) electrons. The maximum atomic E-state index is 12.5. The van der Waals surface area contributed by atoms with Gasteiger partial charge in [-0.15, -0.1) is 5.10 Å². The molecule has 0 spiro atoms. The summed E-state index contributed by atoms with van der Waals surface area (Å²) in [6.07, 6.45) is 1.48. The van der Waals surface area contributed by atoms with E-state index in [0.717, 1.165) is 11.1 Å². The molecule has 0 unspecified atom stereocenters. The topological polar surface area (TPSA) is 76.9 Å². The predicted octanol–water partition coefficient (Wildman–Crippen LogP) is 3.40. The quantitative estimate of drug-likeness (QED) is 0.740. The van der Waals surface area contributed by atoms with Crippen LogP contribution in [0.1, 0.15) is 16.7 Å². The van der Waals surface area contributed by atoms with Crippen LogP contribution in [0, 0.1) is 13.8 Å². The van der Waals surface area contributed by atoms with Gasteiger partial charge >= 0.3 is 0 Å². The molecule has 6 nitrogen and oxygen atoms in total. The Morgan fingerprint density at radius 3 is 2.52 bits per heavy atom. The standard InChI is InChI=1S/C17H17ClN4O2S/c1-12-3-8-16(13(2)9-12)25(23,24)21-17-19-11-22(20-17)10-14-4-6-15(18)7-5-14/h3-9,11H,10H2,1-2H3,(H,20,21). The number of sulfonamides is 1. The number of rotatable bonds is 5. The van der Waals surface area contributed by atoms with Gasteiger partial charge in [0.15, 0.2) is 0 Å². The molecule has 3 aromatic rings. The van der Waals surface area contributed by atoms with Crippen molar-refractivity contribution in [1.29, 1.82) is 0 Å². The van der Waals surface area contributed by atoms with Gasteiger partial charge in [-0.2, -0.15) is 4.98 Å². The van der Waals surface area contributed by atoms with Crippen LogP contribution in [0.3, 0.4) is 0 Å². The Labute approximate surface area is 151 Å². The van der Waals surface area contributed by atoms with E-state index in [2.05, 4.69) is 14.8 Å². The van der Waals surface area contributed by atoms with Crippen LogP contribution in [0.15, 0.2) is 53.7 Å². The van der Waals surface area contributed by atoms with Gasteiger partial charge in [0.25, 0.3) is 16.0 Å². The van der Waals surface area contributed by atoms with Gasteiger partial charge in [0.1, 0.15) is 6.33 Å². The molecule has 130 valence electrons. The van der Waals surface area contributed by atoms with Crippen molar-refractivity contribution in [2.45, 2.75) is 25.3 Å². The second-order valence-electron chi connectivity index (χ2n) is 5.77. The lowest BCUT2D eigenvalue weighted by molar-refractivity contribution is 0.600. The summed E-state index contributed by atoms with van der Waals surface area (Å²) in [6.45, 7) is 4.14. The Morgan fingerprint density at radius 2 is 1.84 bits per heavy atom. The van der Waals surface area contributed by atoms with E-state index in [1.165, 1.54) is 6.33 Å². The third-order valence-electron chi connectivity index (χ3n) is 3.64. The first kappa shape index (κ1) is 17.4. The predicted molar refractivity (Wildman–Crippen MR) is 97.3 cm³/mol. The first-order chi connectivity index (χ1) is 11.8. The minimum absolute atomic E-state index is 0.0361. The van der Waals surface area contributed by atoms with Crippen LogP contribution in [-0.4, -0.2) is 23.2 Å². The molecule has 1 heterocycles. The second kappa shape index (κ2) is 6.85. The van der Waals surface area contributed by atoms with Crippen LogP contribution in [0.25, 0.3) is 0 Å². The number of halogens is 1. The second-order valence-corrected chi connectivity index (χ2v) is 7.85. The van der Waals surface area contributed by atoms with Crippen LogP contribution in [0.5, 0.6) is 0 Å². The summed E-state index contributed by atoms with van der Waals surface area (Å²) in [5.74, 6) is 0.0361. The van der Waals surface area contributed by atoms with Crippen molar-refractivity contribution in [2.75, 3.05) is 4.72 Å². The average Bonchev–Trinajstić information content (AvgIpc) is 2.95. The van der Waals surface area contributed by atoms with Gasteiger partial charge in [-0.25, -0.2) is 17.8 Å². The molecular formula is C17H17ClN4O2S. The Bertz CT molecular complexity index is 998. The van der Waals surface area contributed by atoms with Gasteiger partial charge in [-0.1, -0.05) is 41.4 Å². The van der Waals surface area contributed by atoms with E-state index in [9.17, 15) is 8.42 Å². The van der Waals surface area contributed by atoms with E-state index < -0.39 is 10.0 Å².